The molecule has 33 heavy (non-hydrogen) atoms. The Labute approximate surface area is 193 Å². The van der Waals surface area contributed by atoms with Gasteiger partial charge < -0.3 is 32.7 Å². The highest BCUT2D eigenvalue weighted by Gasteiger charge is 2.35. The maximum absolute atomic E-state index is 13.1. The highest BCUT2D eigenvalue weighted by atomic mass is 16.2. The Hall–Kier alpha value is -3.63. The molecule has 0 saturated carbocycles. The number of hydrogen-bond donors (Lipinski definition) is 5. The molecule has 8 N–H and O–H groups in total. The van der Waals surface area contributed by atoms with Crippen LogP contribution in [0.4, 0.5) is 0 Å². The predicted octanol–water partition coefficient (Wildman–Crippen LogP) is -1.25. The smallest absolute Gasteiger partial charge is 0.243 e. The Morgan fingerprint density at radius 1 is 1.09 bits per heavy atom. The molecule has 0 spiro atoms. The third kappa shape index (κ3) is 8.09. The van der Waals surface area contributed by atoms with Crippen LogP contribution in [0.25, 0.3) is 0 Å². The summed E-state index contributed by atoms with van der Waals surface area (Å²) >= 11 is 0. The van der Waals surface area contributed by atoms with Crippen LogP contribution in [0, 0.1) is 0 Å². The lowest BCUT2D eigenvalue weighted by molar-refractivity contribution is -0.138. The van der Waals surface area contributed by atoms with Gasteiger partial charge in [0, 0.05) is 26.4 Å². The average Bonchev–Trinajstić information content (AvgIpc) is 3.26. The highest BCUT2D eigenvalue weighted by Crippen LogP contribution is 2.18. The van der Waals surface area contributed by atoms with Crippen molar-refractivity contribution < 1.29 is 19.2 Å². The van der Waals surface area contributed by atoms with Crippen LogP contribution in [-0.2, 0) is 25.6 Å². The number of nitrogens with one attached hydrogen (secondary N) is 2. The Morgan fingerprint density at radius 3 is 2.39 bits per heavy atom. The summed E-state index contributed by atoms with van der Waals surface area (Å²) in [5.74, 6) is -1.89. The van der Waals surface area contributed by atoms with Gasteiger partial charge in [-0.2, -0.15) is 0 Å². The number of primary amides is 1. The zero-order chi connectivity index (χ0) is 24.4. The summed E-state index contributed by atoms with van der Waals surface area (Å²) in [5.41, 5.74) is 16.9. The molecule has 0 radical (unpaired) electrons. The van der Waals surface area contributed by atoms with Gasteiger partial charge in [-0.25, -0.2) is 0 Å². The van der Waals surface area contributed by atoms with Crippen LogP contribution in [0.1, 0.15) is 38.2 Å². The molecule has 1 fully saturated rings. The van der Waals surface area contributed by atoms with Crippen molar-refractivity contribution in [2.45, 2.75) is 57.2 Å². The molecule has 4 amide bonds. The maximum Gasteiger partial charge on any atom is 0.243 e. The minimum atomic E-state index is -0.950. The van der Waals surface area contributed by atoms with Crippen molar-refractivity contribution in [3.63, 3.8) is 0 Å². The van der Waals surface area contributed by atoms with Gasteiger partial charge in [-0.1, -0.05) is 30.3 Å². The van der Waals surface area contributed by atoms with E-state index < -0.39 is 35.8 Å². The van der Waals surface area contributed by atoms with Crippen LogP contribution in [0.15, 0.2) is 35.3 Å². The van der Waals surface area contributed by atoms with Gasteiger partial charge >= 0.3 is 0 Å². The van der Waals surface area contributed by atoms with E-state index in [1.165, 1.54) is 11.8 Å². The van der Waals surface area contributed by atoms with Gasteiger partial charge in [0.25, 0.3) is 0 Å². The van der Waals surface area contributed by atoms with Crippen LogP contribution in [-0.4, -0.2) is 65.7 Å². The van der Waals surface area contributed by atoms with Crippen LogP contribution in [0.3, 0.4) is 0 Å². The first-order valence-corrected chi connectivity index (χ1v) is 11.0. The van der Waals surface area contributed by atoms with Crippen LogP contribution >= 0.6 is 0 Å². The molecule has 1 saturated heterocycles. The molecule has 0 aromatic heterocycles. The summed E-state index contributed by atoms with van der Waals surface area (Å²) in [6.07, 6.45) is 2.12. The molecule has 0 aliphatic carbocycles. The first-order valence-electron chi connectivity index (χ1n) is 11.0. The first kappa shape index (κ1) is 25.6. The topological polar surface area (TPSA) is 186 Å². The number of amides is 4. The minimum Gasteiger partial charge on any atom is -0.370 e. The molecule has 1 aromatic rings. The van der Waals surface area contributed by atoms with E-state index >= 15 is 0 Å². The summed E-state index contributed by atoms with van der Waals surface area (Å²) in [6.45, 7) is 2.21. The Kier molecular flexibility index (Phi) is 9.64. The van der Waals surface area contributed by atoms with Crippen molar-refractivity contribution in [3.05, 3.63) is 35.9 Å². The van der Waals surface area contributed by atoms with E-state index in [4.69, 9.17) is 17.2 Å². The lowest BCUT2D eigenvalue weighted by Gasteiger charge is -2.26. The summed E-state index contributed by atoms with van der Waals surface area (Å²) in [5, 5.41) is 5.40. The quantitative estimate of drug-likeness (QED) is 0.156. The number of rotatable bonds is 11. The van der Waals surface area contributed by atoms with Gasteiger partial charge in [0.05, 0.1) is 0 Å². The fourth-order valence-electron chi connectivity index (χ4n) is 3.80. The molecule has 3 atom stereocenters. The summed E-state index contributed by atoms with van der Waals surface area (Å²) < 4.78 is 0. The van der Waals surface area contributed by atoms with Gasteiger partial charge in [0.1, 0.15) is 18.1 Å². The van der Waals surface area contributed by atoms with Gasteiger partial charge in [0.15, 0.2) is 5.96 Å². The molecule has 1 aromatic carbocycles. The fourth-order valence-corrected chi connectivity index (χ4v) is 3.80. The second-order valence-electron chi connectivity index (χ2n) is 8.03. The number of benzene rings is 1. The number of aliphatic imine (C=N–C) groups is 1. The van der Waals surface area contributed by atoms with Gasteiger partial charge in [-0.3, -0.25) is 24.2 Å². The lowest BCUT2D eigenvalue weighted by atomic mass is 10.0. The number of nitrogens with zero attached hydrogens (tertiary/aromatic N) is 2. The molecular formula is C22H33N7O4. The number of hydrogen-bond acceptors (Lipinski definition) is 5. The maximum atomic E-state index is 13.1. The zero-order valence-corrected chi connectivity index (χ0v) is 18.8. The minimum absolute atomic E-state index is 0.0631. The standard InChI is InChI=1S/C22H33N7O4/c1-14(30)29-12-6-10-18(29)21(33)28-17(13-15-7-3-2-4-8-15)20(32)27-16(19(23)31)9-5-11-26-22(24)25/h2-4,7-8,16-18H,5-6,9-13H2,1H3,(H2,23,31)(H,27,32)(H,28,33)(H4,24,25,26)/t16-,17-,18-/m0/s1. The molecule has 11 heteroatoms. The highest BCUT2D eigenvalue weighted by molar-refractivity contribution is 5.94. The van der Waals surface area contributed by atoms with E-state index in [0.717, 1.165) is 5.56 Å². The van der Waals surface area contributed by atoms with E-state index in [1.54, 1.807) is 0 Å². The molecular weight excluding hydrogens is 426 g/mol. The lowest BCUT2D eigenvalue weighted by Crippen LogP contribution is -2.56. The molecule has 0 bridgehead atoms. The largest absolute Gasteiger partial charge is 0.370 e. The third-order valence-electron chi connectivity index (χ3n) is 5.48. The van der Waals surface area contributed by atoms with E-state index in [1.807, 2.05) is 30.3 Å². The van der Waals surface area contributed by atoms with Crippen LogP contribution < -0.4 is 27.8 Å². The summed E-state index contributed by atoms with van der Waals surface area (Å²) in [6, 6.07) is 6.67. The van der Waals surface area contributed by atoms with Crippen LogP contribution in [0.2, 0.25) is 0 Å². The third-order valence-corrected chi connectivity index (χ3v) is 5.48. The number of likely N-dealkylation sites (tertiary alicyclic amines) is 1. The molecule has 1 aliphatic rings. The van der Waals surface area contributed by atoms with Crippen molar-refractivity contribution in [2.75, 3.05) is 13.1 Å². The number of carbonyl (C=O) groups excluding carboxylic acids is 4. The Bertz CT molecular complexity index is 871. The second-order valence-corrected chi connectivity index (χ2v) is 8.03. The van der Waals surface area contributed by atoms with Crippen molar-refractivity contribution in [1.82, 2.24) is 15.5 Å². The SMILES string of the molecule is CC(=O)N1CCC[C@H]1C(=O)N[C@@H](Cc1ccccc1)C(=O)N[C@@H](CCCN=C(N)N)C(N)=O. The van der Waals surface area contributed by atoms with Crippen molar-refractivity contribution in [3.8, 4) is 0 Å². The normalized spacial score (nSPS) is 17.0. The summed E-state index contributed by atoms with van der Waals surface area (Å²) in [4.78, 5) is 55.1. The van der Waals surface area contributed by atoms with Crippen LogP contribution in [0.5, 0.6) is 0 Å². The molecule has 1 heterocycles. The van der Waals surface area contributed by atoms with E-state index in [0.29, 0.717) is 25.8 Å². The van der Waals surface area contributed by atoms with E-state index in [9.17, 15) is 19.2 Å². The predicted molar refractivity (Wildman–Crippen MR) is 124 cm³/mol. The fraction of sp³-hybridized carbons (Fsp3) is 0.500. The molecule has 2 rings (SSSR count). The van der Waals surface area contributed by atoms with E-state index in [2.05, 4.69) is 15.6 Å². The monoisotopic (exact) mass is 459 g/mol. The van der Waals surface area contributed by atoms with Crippen molar-refractivity contribution in [1.29, 1.82) is 0 Å². The first-order chi connectivity index (χ1) is 15.7. The van der Waals surface area contributed by atoms with Gasteiger partial charge in [0.2, 0.25) is 23.6 Å². The molecule has 180 valence electrons. The Balaban J connectivity index is 2.11. The van der Waals surface area contributed by atoms with Gasteiger partial charge in [-0.15, -0.1) is 0 Å². The number of nitrogens with two attached hydrogens (primary N) is 3. The number of guanidine groups is 1. The Morgan fingerprint density at radius 2 is 1.79 bits per heavy atom. The van der Waals surface area contributed by atoms with E-state index in [-0.39, 0.29) is 31.3 Å². The van der Waals surface area contributed by atoms with Crippen molar-refractivity contribution in [2.24, 2.45) is 22.2 Å². The van der Waals surface area contributed by atoms with Gasteiger partial charge in [-0.05, 0) is 31.2 Å². The molecule has 1 aliphatic heterocycles. The second kappa shape index (κ2) is 12.4. The summed E-state index contributed by atoms with van der Waals surface area (Å²) in [7, 11) is 0. The molecule has 11 nitrogen and oxygen atoms in total. The average molecular weight is 460 g/mol. The van der Waals surface area contributed by atoms with Crippen molar-refractivity contribution >= 4 is 29.6 Å². The zero-order valence-electron chi connectivity index (χ0n) is 18.8. The number of carbonyl (C=O) groups is 4. The molecule has 0 unspecified atom stereocenters.